The van der Waals surface area contributed by atoms with Crippen molar-refractivity contribution in [1.29, 1.82) is 0 Å². The molecule has 0 aliphatic rings. The Hall–Kier alpha value is -1.95. The highest BCUT2D eigenvalue weighted by atomic mass is 16.6. The number of carbonyl (C=O) groups is 1. The van der Waals surface area contributed by atoms with Crippen LogP contribution in [0.1, 0.15) is 10.4 Å². The highest BCUT2D eigenvalue weighted by molar-refractivity contribution is 5.89. The number of nitro groups is 1. The van der Waals surface area contributed by atoms with Crippen LogP contribution >= 0.6 is 0 Å². The number of nitrogens with zero attached hydrogens (tertiary/aromatic N) is 1. The van der Waals surface area contributed by atoms with Crippen LogP contribution < -0.4 is 5.73 Å². The highest BCUT2D eigenvalue weighted by Crippen LogP contribution is 2.12. The molecule has 74 valence electrons. The van der Waals surface area contributed by atoms with E-state index in [1.807, 2.05) is 0 Å². The molecule has 14 heavy (non-hydrogen) atoms. The second kappa shape index (κ2) is 4.33. The van der Waals surface area contributed by atoms with Crippen LogP contribution in [0.4, 0.5) is 5.69 Å². The quantitative estimate of drug-likeness (QED) is 0.331. The highest BCUT2D eigenvalue weighted by Gasteiger charge is 2.09. The molecule has 0 unspecified atom stereocenters. The predicted octanol–water partition coefficient (Wildman–Crippen LogP) is 0.668. The normalized spacial score (nSPS) is 9.50. The number of hydrogen-bond acceptors (Lipinski definition) is 5. The molecule has 0 amide bonds. The van der Waals surface area contributed by atoms with Crippen LogP contribution in [-0.4, -0.2) is 17.6 Å². The Balaban J connectivity index is 2.83. The van der Waals surface area contributed by atoms with Crippen LogP contribution in [-0.2, 0) is 4.74 Å². The van der Waals surface area contributed by atoms with E-state index in [1.54, 1.807) is 0 Å². The molecular weight excluding hydrogens is 188 g/mol. The van der Waals surface area contributed by atoms with Gasteiger partial charge < -0.3 is 4.74 Å². The fraction of sp³-hybridized carbons (Fsp3) is 0.125. The number of carbonyl (C=O) groups excluding carboxylic acids is 1. The lowest BCUT2D eigenvalue weighted by Gasteiger charge is -2.00. The lowest BCUT2D eigenvalue weighted by Crippen LogP contribution is -2.11. The van der Waals surface area contributed by atoms with Crippen molar-refractivity contribution in [2.45, 2.75) is 0 Å². The van der Waals surface area contributed by atoms with Gasteiger partial charge in [0.2, 0.25) is 0 Å². The third-order valence-electron chi connectivity index (χ3n) is 1.53. The van der Waals surface area contributed by atoms with Crippen LogP contribution in [0.25, 0.3) is 0 Å². The minimum Gasteiger partial charge on any atom is -0.446 e. The molecule has 0 heterocycles. The Kier molecular flexibility index (Phi) is 3.14. The summed E-state index contributed by atoms with van der Waals surface area (Å²) < 4.78 is 4.50. The second-order valence-electron chi connectivity index (χ2n) is 2.40. The molecule has 1 aromatic rings. The summed E-state index contributed by atoms with van der Waals surface area (Å²) in [6.45, 7) is -0.212. The summed E-state index contributed by atoms with van der Waals surface area (Å²) in [4.78, 5) is 20.8. The first-order valence-electron chi connectivity index (χ1n) is 3.77. The van der Waals surface area contributed by atoms with Crippen LogP contribution in [0.2, 0.25) is 0 Å². The third kappa shape index (κ3) is 2.27. The number of non-ortho nitro benzene ring substituents is 1. The van der Waals surface area contributed by atoms with E-state index >= 15 is 0 Å². The summed E-state index contributed by atoms with van der Waals surface area (Å²) >= 11 is 0. The lowest BCUT2D eigenvalue weighted by molar-refractivity contribution is -0.384. The summed E-state index contributed by atoms with van der Waals surface area (Å²) in [5.74, 6) is -0.595. The maximum atomic E-state index is 11.1. The number of rotatable bonds is 3. The molecule has 2 N–H and O–H groups in total. The predicted molar refractivity (Wildman–Crippen MR) is 47.6 cm³/mol. The summed E-state index contributed by atoms with van der Waals surface area (Å²) in [6.07, 6.45) is 0. The monoisotopic (exact) mass is 196 g/mol. The van der Waals surface area contributed by atoms with Gasteiger partial charge in [-0.25, -0.2) is 4.79 Å². The topological polar surface area (TPSA) is 95.5 Å². The maximum absolute atomic E-state index is 11.1. The van der Waals surface area contributed by atoms with Crippen LogP contribution in [0.5, 0.6) is 0 Å². The van der Waals surface area contributed by atoms with Gasteiger partial charge in [0.15, 0.2) is 0 Å². The molecule has 0 fully saturated rings. The van der Waals surface area contributed by atoms with Crippen molar-refractivity contribution >= 4 is 11.7 Å². The van der Waals surface area contributed by atoms with Crippen molar-refractivity contribution in [3.05, 3.63) is 39.9 Å². The van der Waals surface area contributed by atoms with E-state index in [-0.39, 0.29) is 18.0 Å². The summed E-state index contributed by atoms with van der Waals surface area (Å²) in [7, 11) is 0. The number of nitro benzene ring substituents is 1. The van der Waals surface area contributed by atoms with E-state index in [1.165, 1.54) is 24.3 Å². The van der Waals surface area contributed by atoms with Crippen molar-refractivity contribution in [3.8, 4) is 0 Å². The largest absolute Gasteiger partial charge is 0.446 e. The molecule has 0 saturated carbocycles. The molecule has 0 radical (unpaired) electrons. The zero-order chi connectivity index (χ0) is 10.6. The molecule has 6 nitrogen and oxygen atoms in total. The van der Waals surface area contributed by atoms with E-state index in [0.717, 1.165) is 0 Å². The van der Waals surface area contributed by atoms with Crippen LogP contribution in [0, 0.1) is 10.1 Å². The van der Waals surface area contributed by atoms with Gasteiger partial charge in [-0.05, 0) is 12.1 Å². The molecule has 0 aromatic heterocycles. The maximum Gasteiger partial charge on any atom is 0.339 e. The minimum absolute atomic E-state index is 0.0747. The zero-order valence-corrected chi connectivity index (χ0v) is 7.17. The molecule has 6 heteroatoms. The Bertz CT molecular complexity index is 347. The van der Waals surface area contributed by atoms with E-state index in [4.69, 9.17) is 5.73 Å². The average molecular weight is 196 g/mol. The third-order valence-corrected chi connectivity index (χ3v) is 1.53. The molecule has 1 rings (SSSR count). The summed E-state index contributed by atoms with van der Waals surface area (Å²) in [6, 6.07) is 5.09. The molecule has 0 aliphatic carbocycles. The summed E-state index contributed by atoms with van der Waals surface area (Å²) in [5, 5.41) is 10.3. The average Bonchev–Trinajstić information content (AvgIpc) is 2.18. The van der Waals surface area contributed by atoms with E-state index in [9.17, 15) is 14.9 Å². The smallest absolute Gasteiger partial charge is 0.339 e. The SMILES string of the molecule is NCOC(=O)c1ccc([N+](=O)[O-])cc1. The second-order valence-corrected chi connectivity index (χ2v) is 2.40. The minimum atomic E-state index is -0.595. The molecule has 0 saturated heterocycles. The van der Waals surface area contributed by atoms with Gasteiger partial charge in [-0.1, -0.05) is 0 Å². The molecular formula is C8H8N2O4. The first-order valence-corrected chi connectivity index (χ1v) is 3.77. The number of ether oxygens (including phenoxy) is 1. The standard InChI is InChI=1S/C8H8N2O4/c9-5-14-8(11)6-1-3-7(4-2-6)10(12)13/h1-4H,5,9H2. The van der Waals surface area contributed by atoms with Crippen molar-refractivity contribution in [1.82, 2.24) is 0 Å². The van der Waals surface area contributed by atoms with Gasteiger partial charge in [-0.15, -0.1) is 0 Å². The Morgan fingerprint density at radius 1 is 1.43 bits per heavy atom. The Labute approximate surface area is 79.4 Å². The first-order chi connectivity index (χ1) is 6.65. The Morgan fingerprint density at radius 3 is 2.43 bits per heavy atom. The Morgan fingerprint density at radius 2 is 2.00 bits per heavy atom. The molecule has 1 aromatic carbocycles. The number of hydrogen-bond donors (Lipinski definition) is 1. The fourth-order valence-electron chi connectivity index (χ4n) is 0.878. The van der Waals surface area contributed by atoms with Crippen molar-refractivity contribution in [2.24, 2.45) is 5.73 Å². The summed E-state index contributed by atoms with van der Waals surface area (Å²) in [5.41, 5.74) is 5.16. The number of benzene rings is 1. The van der Waals surface area contributed by atoms with Gasteiger partial charge in [0.05, 0.1) is 10.5 Å². The fourth-order valence-corrected chi connectivity index (χ4v) is 0.878. The van der Waals surface area contributed by atoms with Crippen molar-refractivity contribution in [3.63, 3.8) is 0 Å². The van der Waals surface area contributed by atoms with E-state index in [0.29, 0.717) is 0 Å². The van der Waals surface area contributed by atoms with Gasteiger partial charge in [-0.2, -0.15) is 0 Å². The van der Waals surface area contributed by atoms with Gasteiger partial charge in [0.25, 0.3) is 5.69 Å². The van der Waals surface area contributed by atoms with Crippen LogP contribution in [0.3, 0.4) is 0 Å². The van der Waals surface area contributed by atoms with Gasteiger partial charge in [0, 0.05) is 12.1 Å². The van der Waals surface area contributed by atoms with Crippen LogP contribution in [0.15, 0.2) is 24.3 Å². The number of esters is 1. The molecule has 0 bridgehead atoms. The van der Waals surface area contributed by atoms with Gasteiger partial charge >= 0.3 is 5.97 Å². The molecule has 0 aliphatic heterocycles. The van der Waals surface area contributed by atoms with Crippen molar-refractivity contribution in [2.75, 3.05) is 6.73 Å². The molecule has 0 spiro atoms. The van der Waals surface area contributed by atoms with Gasteiger partial charge in [-0.3, -0.25) is 15.8 Å². The van der Waals surface area contributed by atoms with E-state index in [2.05, 4.69) is 4.74 Å². The first kappa shape index (κ1) is 10.1. The molecule has 0 atom stereocenters. The number of nitrogens with two attached hydrogens (primary N) is 1. The van der Waals surface area contributed by atoms with Gasteiger partial charge in [0.1, 0.15) is 6.73 Å². The lowest BCUT2D eigenvalue weighted by atomic mass is 10.2. The van der Waals surface area contributed by atoms with E-state index < -0.39 is 10.9 Å². The van der Waals surface area contributed by atoms with Crippen molar-refractivity contribution < 1.29 is 14.5 Å². The zero-order valence-electron chi connectivity index (χ0n) is 7.17.